The van der Waals surface area contributed by atoms with E-state index in [0.717, 1.165) is 28.0 Å². The highest BCUT2D eigenvalue weighted by Crippen LogP contribution is 2.39. The van der Waals surface area contributed by atoms with E-state index < -0.39 is 0 Å². The molecule has 0 radical (unpaired) electrons. The zero-order valence-corrected chi connectivity index (χ0v) is 17.8. The van der Waals surface area contributed by atoms with Gasteiger partial charge < -0.3 is 14.8 Å². The number of hydrogen-bond acceptors (Lipinski definition) is 5. The lowest BCUT2D eigenvalue weighted by molar-refractivity contribution is -0.114. The molecule has 1 aromatic heterocycles. The first-order chi connectivity index (χ1) is 14.9. The summed E-state index contributed by atoms with van der Waals surface area (Å²) in [6.07, 6.45) is 2.01. The van der Waals surface area contributed by atoms with Gasteiger partial charge in [0.25, 0.3) is 0 Å². The molecule has 0 bridgehead atoms. The Labute approximate surface area is 181 Å². The van der Waals surface area contributed by atoms with E-state index in [0.29, 0.717) is 30.2 Å². The maximum absolute atomic E-state index is 13.0. The molecule has 31 heavy (non-hydrogen) atoms. The first-order valence-electron chi connectivity index (χ1n) is 10.2. The molecule has 0 saturated carbocycles. The number of benzene rings is 2. The second-order valence-electron chi connectivity index (χ2n) is 7.71. The zero-order chi connectivity index (χ0) is 22.0. The molecule has 1 amide bonds. The number of pyridine rings is 1. The molecule has 6 nitrogen and oxygen atoms in total. The topological polar surface area (TPSA) is 77.5 Å². The molecule has 2 heterocycles. The predicted molar refractivity (Wildman–Crippen MR) is 119 cm³/mol. The molecule has 1 atom stereocenters. The predicted octanol–water partition coefficient (Wildman–Crippen LogP) is 4.98. The van der Waals surface area contributed by atoms with Crippen LogP contribution < -0.4 is 14.8 Å². The average molecular weight is 416 g/mol. The second-order valence-corrected chi connectivity index (χ2v) is 7.71. The Morgan fingerprint density at radius 3 is 2.77 bits per heavy atom. The first kappa shape index (κ1) is 20.6. The standard InChI is InChI=1S/C25H24N2O4/c1-15(17-5-4-6-20(11-17)30-3)9-23(29)18-7-8-21-19(10-18)14-31-24-13-26-25(12-22(21)24)27-16(2)28/h4-8,10-13,15H,9,14H2,1-3H3,(H,26,27,28)/t15-/m0/s1. The van der Waals surface area contributed by atoms with Crippen molar-refractivity contribution >= 4 is 17.5 Å². The molecule has 0 saturated heterocycles. The lowest BCUT2D eigenvalue weighted by atomic mass is 9.90. The van der Waals surface area contributed by atoms with E-state index in [1.807, 2.05) is 49.4 Å². The van der Waals surface area contributed by atoms with E-state index in [1.165, 1.54) is 6.92 Å². The van der Waals surface area contributed by atoms with Crippen molar-refractivity contribution in [1.29, 1.82) is 0 Å². The van der Waals surface area contributed by atoms with Crippen LogP contribution in [0.4, 0.5) is 5.82 Å². The van der Waals surface area contributed by atoms with Gasteiger partial charge in [-0.15, -0.1) is 0 Å². The number of nitrogens with one attached hydrogen (secondary N) is 1. The molecule has 1 N–H and O–H groups in total. The summed E-state index contributed by atoms with van der Waals surface area (Å²) < 4.78 is 11.1. The van der Waals surface area contributed by atoms with E-state index in [2.05, 4.69) is 10.3 Å². The number of carbonyl (C=O) groups is 2. The summed E-state index contributed by atoms with van der Waals surface area (Å²) in [6, 6.07) is 15.3. The Kier molecular flexibility index (Phi) is 5.71. The number of methoxy groups -OCH3 is 1. The van der Waals surface area contributed by atoms with E-state index in [9.17, 15) is 9.59 Å². The number of hydrogen-bond donors (Lipinski definition) is 1. The Morgan fingerprint density at radius 2 is 2.00 bits per heavy atom. The quantitative estimate of drug-likeness (QED) is 0.573. The van der Waals surface area contributed by atoms with Crippen LogP contribution in [0.5, 0.6) is 11.5 Å². The molecule has 3 aromatic rings. The number of amides is 1. The van der Waals surface area contributed by atoms with Gasteiger partial charge in [-0.05, 0) is 46.9 Å². The van der Waals surface area contributed by atoms with Crippen LogP contribution in [0.2, 0.25) is 0 Å². The van der Waals surface area contributed by atoms with Crippen LogP contribution in [-0.2, 0) is 11.4 Å². The summed E-state index contributed by atoms with van der Waals surface area (Å²) in [7, 11) is 1.64. The van der Waals surface area contributed by atoms with Gasteiger partial charge in [-0.25, -0.2) is 4.98 Å². The fourth-order valence-electron chi connectivity index (χ4n) is 3.78. The number of aromatic nitrogens is 1. The van der Waals surface area contributed by atoms with Crippen molar-refractivity contribution in [1.82, 2.24) is 4.98 Å². The Morgan fingerprint density at radius 1 is 1.16 bits per heavy atom. The summed E-state index contributed by atoms with van der Waals surface area (Å²) in [4.78, 5) is 28.5. The maximum Gasteiger partial charge on any atom is 0.222 e. The molecule has 1 aliphatic rings. The van der Waals surface area contributed by atoms with Gasteiger partial charge in [0.05, 0.1) is 13.3 Å². The van der Waals surface area contributed by atoms with Gasteiger partial charge in [0, 0.05) is 24.5 Å². The average Bonchev–Trinajstić information content (AvgIpc) is 2.78. The molecule has 6 heteroatoms. The summed E-state index contributed by atoms with van der Waals surface area (Å²) in [6.45, 7) is 3.85. The fraction of sp³-hybridized carbons (Fsp3) is 0.240. The molecule has 0 unspecified atom stereocenters. The van der Waals surface area contributed by atoms with Gasteiger partial charge in [-0.2, -0.15) is 0 Å². The fourth-order valence-corrected chi connectivity index (χ4v) is 3.78. The molecule has 0 spiro atoms. The monoisotopic (exact) mass is 416 g/mol. The molecule has 2 aromatic carbocycles. The summed E-state index contributed by atoms with van der Waals surface area (Å²) >= 11 is 0. The van der Waals surface area contributed by atoms with Crippen LogP contribution in [0.3, 0.4) is 0 Å². The third-order valence-corrected chi connectivity index (χ3v) is 5.43. The van der Waals surface area contributed by atoms with Crippen molar-refractivity contribution in [3.8, 4) is 22.6 Å². The van der Waals surface area contributed by atoms with E-state index >= 15 is 0 Å². The van der Waals surface area contributed by atoms with E-state index in [1.54, 1.807) is 19.4 Å². The molecule has 1 aliphatic heterocycles. The number of fused-ring (bicyclic) bond motifs is 3. The van der Waals surface area contributed by atoms with Crippen molar-refractivity contribution in [3.63, 3.8) is 0 Å². The molecular formula is C25H24N2O4. The van der Waals surface area contributed by atoms with Crippen molar-refractivity contribution in [2.45, 2.75) is 32.8 Å². The number of ketones is 1. The third-order valence-electron chi connectivity index (χ3n) is 5.43. The molecule has 158 valence electrons. The second kappa shape index (κ2) is 8.60. The van der Waals surface area contributed by atoms with Gasteiger partial charge in [0.2, 0.25) is 5.91 Å². The normalized spacial score (nSPS) is 12.7. The highest BCUT2D eigenvalue weighted by atomic mass is 16.5. The van der Waals surface area contributed by atoms with Gasteiger partial charge in [-0.1, -0.05) is 31.2 Å². The van der Waals surface area contributed by atoms with Crippen LogP contribution >= 0.6 is 0 Å². The Balaban J connectivity index is 1.56. The SMILES string of the molecule is COc1cccc([C@@H](C)CC(=O)c2ccc3c(c2)COc2cnc(NC(C)=O)cc2-3)c1. The van der Waals surface area contributed by atoms with Crippen LogP contribution in [0, 0.1) is 0 Å². The highest BCUT2D eigenvalue weighted by Gasteiger charge is 2.21. The number of nitrogens with zero attached hydrogens (tertiary/aromatic N) is 1. The molecule has 0 fully saturated rings. The van der Waals surface area contributed by atoms with Crippen molar-refractivity contribution in [2.75, 3.05) is 12.4 Å². The van der Waals surface area contributed by atoms with Gasteiger partial charge in [-0.3, -0.25) is 9.59 Å². The maximum atomic E-state index is 13.0. The lowest BCUT2D eigenvalue weighted by Gasteiger charge is -2.22. The molecule has 4 rings (SSSR count). The van der Waals surface area contributed by atoms with Crippen molar-refractivity contribution < 1.29 is 19.1 Å². The third kappa shape index (κ3) is 4.43. The minimum Gasteiger partial charge on any atom is -0.497 e. The van der Waals surface area contributed by atoms with Gasteiger partial charge >= 0.3 is 0 Å². The van der Waals surface area contributed by atoms with E-state index in [4.69, 9.17) is 9.47 Å². The van der Waals surface area contributed by atoms with Crippen molar-refractivity contribution in [2.24, 2.45) is 0 Å². The number of carbonyl (C=O) groups excluding carboxylic acids is 2. The zero-order valence-electron chi connectivity index (χ0n) is 17.8. The number of rotatable bonds is 6. The molecule has 0 aliphatic carbocycles. The van der Waals surface area contributed by atoms with Crippen LogP contribution in [0.15, 0.2) is 54.7 Å². The van der Waals surface area contributed by atoms with E-state index in [-0.39, 0.29) is 17.6 Å². The minimum atomic E-state index is -0.185. The molecular weight excluding hydrogens is 392 g/mol. The van der Waals surface area contributed by atoms with Crippen molar-refractivity contribution in [3.05, 3.63) is 71.4 Å². The summed E-state index contributed by atoms with van der Waals surface area (Å²) in [5.74, 6) is 1.88. The Bertz CT molecular complexity index is 1160. The van der Waals surface area contributed by atoms with Crippen LogP contribution in [0.25, 0.3) is 11.1 Å². The van der Waals surface area contributed by atoms with Crippen LogP contribution in [0.1, 0.15) is 47.7 Å². The summed E-state index contributed by atoms with van der Waals surface area (Å²) in [5.41, 5.74) is 4.50. The number of anilines is 1. The summed E-state index contributed by atoms with van der Waals surface area (Å²) in [5, 5.41) is 2.69. The number of ether oxygens (including phenoxy) is 2. The minimum absolute atomic E-state index is 0.0712. The van der Waals surface area contributed by atoms with Gasteiger partial charge in [0.1, 0.15) is 23.9 Å². The smallest absolute Gasteiger partial charge is 0.222 e. The number of Topliss-reactive ketones (excluding diaryl/α,β-unsaturated/α-hetero) is 1. The largest absolute Gasteiger partial charge is 0.497 e. The van der Waals surface area contributed by atoms with Gasteiger partial charge in [0.15, 0.2) is 5.78 Å². The first-order valence-corrected chi connectivity index (χ1v) is 10.2. The highest BCUT2D eigenvalue weighted by molar-refractivity contribution is 5.97. The lowest BCUT2D eigenvalue weighted by Crippen LogP contribution is -2.11. The Hall–Kier alpha value is -3.67. The van der Waals surface area contributed by atoms with Crippen LogP contribution in [-0.4, -0.2) is 23.8 Å².